The van der Waals surface area contributed by atoms with Gasteiger partial charge in [0.25, 0.3) is 5.91 Å². The monoisotopic (exact) mass is 392 g/mol. The maximum atomic E-state index is 13.0. The van der Waals surface area contributed by atoms with Crippen molar-refractivity contribution >= 4 is 35.3 Å². The van der Waals surface area contributed by atoms with Crippen molar-refractivity contribution in [2.24, 2.45) is 0 Å². The highest BCUT2D eigenvalue weighted by Gasteiger charge is 2.50. The van der Waals surface area contributed by atoms with Crippen molar-refractivity contribution in [1.29, 1.82) is 0 Å². The highest BCUT2D eigenvalue weighted by atomic mass is 32.1. The minimum absolute atomic E-state index is 0.163. The van der Waals surface area contributed by atoms with Crippen molar-refractivity contribution in [2.45, 2.75) is 32.4 Å². The van der Waals surface area contributed by atoms with Crippen LogP contribution in [-0.2, 0) is 19.9 Å². The lowest BCUT2D eigenvalue weighted by Gasteiger charge is -2.28. The summed E-state index contributed by atoms with van der Waals surface area (Å²) in [4.78, 5) is 51.3. The number of rotatable bonds is 5. The number of amides is 5. The van der Waals surface area contributed by atoms with Crippen LogP contribution >= 0.6 is 11.3 Å². The predicted octanol–water partition coefficient (Wildman–Crippen LogP) is 1.03. The molecule has 2 unspecified atom stereocenters. The van der Waals surface area contributed by atoms with Crippen LogP contribution < -0.4 is 16.0 Å². The number of ether oxygens (including phenoxy) is 1. The third-order valence-electron chi connectivity index (χ3n) is 4.47. The summed E-state index contributed by atoms with van der Waals surface area (Å²) in [7, 11) is 0. The van der Waals surface area contributed by atoms with E-state index in [9.17, 15) is 19.2 Å². The van der Waals surface area contributed by atoms with Crippen molar-refractivity contribution in [2.75, 3.05) is 13.2 Å². The van der Waals surface area contributed by atoms with E-state index in [1.54, 1.807) is 32.9 Å². The average molecular weight is 392 g/mol. The van der Waals surface area contributed by atoms with Gasteiger partial charge in [-0.05, 0) is 32.2 Å². The highest BCUT2D eigenvalue weighted by Crippen LogP contribution is 2.32. The Bertz CT molecular complexity index is 834. The first-order chi connectivity index (χ1) is 12.8. The fourth-order valence-corrected chi connectivity index (χ4v) is 3.97. The van der Waals surface area contributed by atoms with Crippen molar-refractivity contribution in [3.63, 3.8) is 0 Å². The zero-order valence-electron chi connectivity index (χ0n) is 15.1. The second-order valence-corrected chi connectivity index (χ2v) is 7.30. The minimum Gasteiger partial charge on any atom is -0.463 e. The number of thiophene rings is 1. The summed E-state index contributed by atoms with van der Waals surface area (Å²) in [5, 5.41) is 9.61. The number of urea groups is 2. The largest absolute Gasteiger partial charge is 0.463 e. The van der Waals surface area contributed by atoms with Crippen LogP contribution in [0.15, 0.2) is 28.8 Å². The SMILES string of the molecule is CCOC(=O)C1=C(CN2C(=O)NC(C)(c3cccs3)C2=O)NC(=O)NC1C. The molecule has 0 radical (unpaired) electrons. The van der Waals surface area contributed by atoms with Crippen LogP contribution in [0.25, 0.3) is 0 Å². The Morgan fingerprint density at radius 3 is 2.74 bits per heavy atom. The molecule has 3 heterocycles. The molecule has 1 aromatic heterocycles. The van der Waals surface area contributed by atoms with E-state index in [1.165, 1.54) is 11.3 Å². The smallest absolute Gasteiger partial charge is 0.337 e. The van der Waals surface area contributed by atoms with E-state index in [-0.39, 0.29) is 24.4 Å². The van der Waals surface area contributed by atoms with Gasteiger partial charge < -0.3 is 20.7 Å². The summed E-state index contributed by atoms with van der Waals surface area (Å²) in [5.41, 5.74) is -0.830. The molecule has 5 amide bonds. The summed E-state index contributed by atoms with van der Waals surface area (Å²) in [6, 6.07) is 1.84. The molecule has 2 aliphatic rings. The molecule has 10 heteroatoms. The van der Waals surface area contributed by atoms with Crippen molar-refractivity contribution in [3.05, 3.63) is 33.7 Å². The molecule has 3 rings (SSSR count). The summed E-state index contributed by atoms with van der Waals surface area (Å²) in [6.07, 6.45) is 0. The first kappa shape index (κ1) is 18.9. The van der Waals surface area contributed by atoms with Gasteiger partial charge in [-0.25, -0.2) is 14.4 Å². The Hall–Kier alpha value is -2.88. The van der Waals surface area contributed by atoms with Crippen LogP contribution in [0.1, 0.15) is 25.6 Å². The van der Waals surface area contributed by atoms with E-state index in [0.717, 1.165) is 4.90 Å². The molecule has 0 aliphatic carbocycles. The van der Waals surface area contributed by atoms with E-state index in [4.69, 9.17) is 4.74 Å². The number of esters is 1. The van der Waals surface area contributed by atoms with Crippen molar-refractivity contribution in [1.82, 2.24) is 20.9 Å². The highest BCUT2D eigenvalue weighted by molar-refractivity contribution is 7.10. The van der Waals surface area contributed by atoms with Gasteiger partial charge >= 0.3 is 18.0 Å². The quantitative estimate of drug-likeness (QED) is 0.511. The first-order valence-corrected chi connectivity index (χ1v) is 9.31. The molecular formula is C17H20N4O5S. The Kier molecular flexibility index (Phi) is 4.92. The summed E-state index contributed by atoms with van der Waals surface area (Å²) in [5.74, 6) is -1.06. The molecule has 2 aliphatic heterocycles. The van der Waals surface area contributed by atoms with E-state index in [0.29, 0.717) is 4.88 Å². The van der Waals surface area contributed by atoms with Gasteiger partial charge in [0, 0.05) is 4.88 Å². The van der Waals surface area contributed by atoms with Gasteiger partial charge in [-0.15, -0.1) is 11.3 Å². The fourth-order valence-electron chi connectivity index (χ4n) is 3.13. The topological polar surface area (TPSA) is 117 Å². The van der Waals surface area contributed by atoms with Gasteiger partial charge in [-0.3, -0.25) is 9.69 Å². The number of carbonyl (C=O) groups excluding carboxylic acids is 4. The van der Waals surface area contributed by atoms with E-state index in [1.807, 2.05) is 5.38 Å². The van der Waals surface area contributed by atoms with Gasteiger partial charge in [0.15, 0.2) is 5.54 Å². The second-order valence-electron chi connectivity index (χ2n) is 6.36. The average Bonchev–Trinajstić information content (AvgIpc) is 3.19. The van der Waals surface area contributed by atoms with Crippen molar-refractivity contribution in [3.8, 4) is 0 Å². The Balaban J connectivity index is 1.93. The first-order valence-electron chi connectivity index (χ1n) is 8.43. The number of nitrogens with zero attached hydrogens (tertiary/aromatic N) is 1. The summed E-state index contributed by atoms with van der Waals surface area (Å²) in [6.45, 7) is 4.85. The van der Waals surface area contributed by atoms with Gasteiger partial charge in [-0.1, -0.05) is 6.07 Å². The van der Waals surface area contributed by atoms with Crippen LogP contribution in [0.4, 0.5) is 9.59 Å². The normalized spacial score (nSPS) is 25.2. The Morgan fingerprint density at radius 1 is 1.37 bits per heavy atom. The zero-order valence-corrected chi connectivity index (χ0v) is 15.9. The van der Waals surface area contributed by atoms with Gasteiger partial charge in [0.2, 0.25) is 0 Å². The number of imide groups is 1. The third-order valence-corrected chi connectivity index (χ3v) is 5.56. The summed E-state index contributed by atoms with van der Waals surface area (Å²) >= 11 is 1.36. The molecule has 2 atom stereocenters. The summed E-state index contributed by atoms with van der Waals surface area (Å²) < 4.78 is 5.04. The van der Waals surface area contributed by atoms with Crippen LogP contribution in [0.3, 0.4) is 0 Å². The lowest BCUT2D eigenvalue weighted by molar-refractivity contribution is -0.139. The second kappa shape index (κ2) is 7.03. The standard InChI is InChI=1S/C17H20N4O5S/c1-4-26-13(22)12-9(2)18-15(24)19-10(12)8-21-14(23)17(3,20-16(21)25)11-6-5-7-27-11/h5-7,9H,4,8H2,1-3H3,(H,20,25)(H2,18,19,24). The fraction of sp³-hybridized carbons (Fsp3) is 0.412. The molecule has 0 aromatic carbocycles. The number of nitrogens with one attached hydrogen (secondary N) is 3. The number of hydrogen-bond acceptors (Lipinski definition) is 6. The number of hydrogen-bond donors (Lipinski definition) is 3. The maximum absolute atomic E-state index is 13.0. The molecule has 27 heavy (non-hydrogen) atoms. The Labute approximate surface area is 159 Å². The molecule has 1 saturated heterocycles. The van der Waals surface area contributed by atoms with Crippen LogP contribution in [0.2, 0.25) is 0 Å². The van der Waals surface area contributed by atoms with E-state index < -0.39 is 35.5 Å². The molecule has 0 saturated carbocycles. The van der Waals surface area contributed by atoms with Crippen molar-refractivity contribution < 1.29 is 23.9 Å². The zero-order chi connectivity index (χ0) is 19.8. The van der Waals surface area contributed by atoms with E-state index in [2.05, 4.69) is 16.0 Å². The molecule has 144 valence electrons. The molecular weight excluding hydrogens is 372 g/mol. The lowest BCUT2D eigenvalue weighted by Crippen LogP contribution is -2.52. The van der Waals surface area contributed by atoms with Gasteiger partial charge in [-0.2, -0.15) is 0 Å². The molecule has 0 spiro atoms. The molecule has 0 bridgehead atoms. The molecule has 1 aromatic rings. The van der Waals surface area contributed by atoms with Gasteiger partial charge in [0.05, 0.1) is 30.5 Å². The van der Waals surface area contributed by atoms with E-state index >= 15 is 0 Å². The van der Waals surface area contributed by atoms with Crippen LogP contribution in [0, 0.1) is 0 Å². The molecule has 9 nitrogen and oxygen atoms in total. The predicted molar refractivity (Wildman–Crippen MR) is 96.7 cm³/mol. The molecule has 3 N–H and O–H groups in total. The minimum atomic E-state index is -1.18. The molecule has 1 fully saturated rings. The number of carbonyl (C=O) groups is 4. The van der Waals surface area contributed by atoms with Gasteiger partial charge in [0.1, 0.15) is 0 Å². The lowest BCUT2D eigenvalue weighted by atomic mass is 10.00. The Morgan fingerprint density at radius 2 is 2.11 bits per heavy atom. The maximum Gasteiger partial charge on any atom is 0.337 e. The third kappa shape index (κ3) is 3.27. The van der Waals surface area contributed by atoms with Crippen LogP contribution in [-0.4, -0.2) is 48.0 Å². The van der Waals surface area contributed by atoms with Crippen LogP contribution in [0.5, 0.6) is 0 Å².